The summed E-state index contributed by atoms with van der Waals surface area (Å²) in [5.74, 6) is -0.532. The molecule has 1 heterocycles. The molecule has 18 heavy (non-hydrogen) atoms. The van der Waals surface area contributed by atoms with E-state index in [1.54, 1.807) is 12.1 Å². The lowest BCUT2D eigenvalue weighted by atomic mass is 10.1. The number of rotatable bonds is 2. The van der Waals surface area contributed by atoms with E-state index in [1.165, 1.54) is 11.8 Å². The van der Waals surface area contributed by atoms with E-state index in [2.05, 4.69) is 5.32 Å². The van der Waals surface area contributed by atoms with Crippen LogP contribution in [-0.4, -0.2) is 17.1 Å². The van der Waals surface area contributed by atoms with Crippen LogP contribution in [-0.2, 0) is 9.59 Å². The van der Waals surface area contributed by atoms with Crippen molar-refractivity contribution in [1.82, 2.24) is 5.32 Å². The van der Waals surface area contributed by atoms with Crippen molar-refractivity contribution in [2.24, 2.45) is 0 Å². The summed E-state index contributed by atoms with van der Waals surface area (Å²) in [6.45, 7) is 0. The largest absolute Gasteiger partial charge is 0.295 e. The molecule has 1 aromatic rings. The number of amides is 2. The fraction of sp³-hybridized carbons (Fsp3) is 0.273. The maximum absolute atomic E-state index is 11.6. The maximum Gasteiger partial charge on any atom is 0.240 e. The predicted octanol–water partition coefficient (Wildman–Crippen LogP) is 3.54. The summed E-state index contributed by atoms with van der Waals surface area (Å²) >= 11 is 19.1. The Kier molecular flexibility index (Phi) is 4.43. The molecule has 1 aliphatic heterocycles. The minimum absolute atomic E-state index is 0.239. The molecule has 0 aliphatic carbocycles. The van der Waals surface area contributed by atoms with Gasteiger partial charge in [0.15, 0.2) is 0 Å². The predicted molar refractivity (Wildman–Crippen MR) is 73.5 cm³/mol. The first-order chi connectivity index (χ1) is 8.47. The minimum Gasteiger partial charge on any atom is -0.295 e. The molecule has 2 rings (SSSR count). The Morgan fingerprint density at radius 1 is 1.11 bits per heavy atom. The Bertz CT molecular complexity index is 521. The molecule has 3 nitrogen and oxygen atoms in total. The van der Waals surface area contributed by atoms with Crippen LogP contribution in [0.1, 0.15) is 12.8 Å². The third-order valence-corrected chi connectivity index (χ3v) is 4.91. The quantitative estimate of drug-likeness (QED) is 0.668. The molecule has 96 valence electrons. The third kappa shape index (κ3) is 3.12. The molecule has 0 spiro atoms. The van der Waals surface area contributed by atoms with Gasteiger partial charge in [0.05, 0.1) is 20.3 Å². The summed E-state index contributed by atoms with van der Waals surface area (Å²) in [5.41, 5.74) is 0. The van der Waals surface area contributed by atoms with E-state index in [0.29, 0.717) is 32.8 Å². The fourth-order valence-electron chi connectivity index (χ4n) is 1.53. The van der Waals surface area contributed by atoms with Crippen molar-refractivity contribution in [2.45, 2.75) is 23.0 Å². The van der Waals surface area contributed by atoms with Crippen molar-refractivity contribution < 1.29 is 9.59 Å². The minimum atomic E-state index is -0.336. The molecular formula is C11H8Cl3NO2S. The lowest BCUT2D eigenvalue weighted by Gasteiger charge is -2.20. The van der Waals surface area contributed by atoms with Crippen LogP contribution in [0.2, 0.25) is 15.1 Å². The Labute approximate surface area is 123 Å². The average molecular weight is 325 g/mol. The summed E-state index contributed by atoms with van der Waals surface area (Å²) < 4.78 is 0. The zero-order valence-corrected chi connectivity index (χ0v) is 12.1. The fourth-order valence-corrected chi connectivity index (χ4v) is 3.34. The Morgan fingerprint density at radius 2 is 1.78 bits per heavy atom. The lowest BCUT2D eigenvalue weighted by Crippen LogP contribution is -2.42. The van der Waals surface area contributed by atoms with Gasteiger partial charge in [-0.2, -0.15) is 0 Å². The highest BCUT2D eigenvalue weighted by atomic mass is 35.5. The summed E-state index contributed by atoms with van der Waals surface area (Å²) in [7, 11) is 0. The van der Waals surface area contributed by atoms with Crippen LogP contribution in [0.15, 0.2) is 17.0 Å². The van der Waals surface area contributed by atoms with Gasteiger partial charge in [-0.15, -0.1) is 11.8 Å². The molecule has 1 aliphatic rings. The number of imide groups is 1. The average Bonchev–Trinajstić information content (AvgIpc) is 2.29. The summed E-state index contributed by atoms with van der Waals surface area (Å²) in [5, 5.41) is 3.16. The van der Waals surface area contributed by atoms with Crippen molar-refractivity contribution in [3.8, 4) is 0 Å². The summed E-state index contributed by atoms with van der Waals surface area (Å²) in [6, 6.07) is 3.17. The van der Waals surface area contributed by atoms with E-state index >= 15 is 0 Å². The van der Waals surface area contributed by atoms with Crippen LogP contribution >= 0.6 is 46.6 Å². The lowest BCUT2D eigenvalue weighted by molar-refractivity contribution is -0.132. The number of hydrogen-bond acceptors (Lipinski definition) is 3. The third-order valence-electron chi connectivity index (χ3n) is 2.43. The molecule has 0 saturated carbocycles. The molecule has 0 bridgehead atoms. The van der Waals surface area contributed by atoms with Crippen molar-refractivity contribution in [3.63, 3.8) is 0 Å². The number of nitrogens with one attached hydrogen (secondary N) is 1. The van der Waals surface area contributed by atoms with Crippen LogP contribution in [0.3, 0.4) is 0 Å². The Balaban J connectivity index is 2.17. The van der Waals surface area contributed by atoms with Gasteiger partial charge in [-0.25, -0.2) is 0 Å². The van der Waals surface area contributed by atoms with Gasteiger partial charge in [-0.05, 0) is 18.6 Å². The zero-order chi connectivity index (χ0) is 13.3. The summed E-state index contributed by atoms with van der Waals surface area (Å²) in [4.78, 5) is 23.3. The first kappa shape index (κ1) is 14.0. The molecule has 0 aromatic heterocycles. The Hall–Kier alpha value is -0.420. The first-order valence-electron chi connectivity index (χ1n) is 5.12. The molecular weight excluding hydrogens is 317 g/mol. The van der Waals surface area contributed by atoms with E-state index in [4.69, 9.17) is 34.8 Å². The zero-order valence-electron chi connectivity index (χ0n) is 9.00. The molecule has 7 heteroatoms. The van der Waals surface area contributed by atoms with E-state index in [-0.39, 0.29) is 17.1 Å². The number of thioether (sulfide) groups is 1. The number of halogens is 3. The van der Waals surface area contributed by atoms with Gasteiger partial charge in [-0.3, -0.25) is 14.9 Å². The van der Waals surface area contributed by atoms with Crippen molar-refractivity contribution in [2.75, 3.05) is 0 Å². The van der Waals surface area contributed by atoms with E-state index < -0.39 is 0 Å². The maximum atomic E-state index is 11.6. The highest BCUT2D eigenvalue weighted by molar-refractivity contribution is 8.00. The van der Waals surface area contributed by atoms with Gasteiger partial charge >= 0.3 is 0 Å². The van der Waals surface area contributed by atoms with E-state index in [1.807, 2.05) is 0 Å². The standard InChI is InChI=1S/C11H8Cl3NO2S/c12-5-3-7(14)9(4-6(5)13)18-8-1-2-10(16)15-11(8)17/h3-4,8H,1-2H2,(H,15,16,17). The van der Waals surface area contributed by atoms with E-state index in [9.17, 15) is 9.59 Å². The normalized spacial score (nSPS) is 19.8. The van der Waals surface area contributed by atoms with Gasteiger partial charge < -0.3 is 0 Å². The molecule has 1 atom stereocenters. The molecule has 1 fully saturated rings. The van der Waals surface area contributed by atoms with Gasteiger partial charge in [0.25, 0.3) is 0 Å². The van der Waals surface area contributed by atoms with Crippen molar-refractivity contribution in [1.29, 1.82) is 0 Å². The molecule has 1 N–H and O–H groups in total. The van der Waals surface area contributed by atoms with E-state index in [0.717, 1.165) is 0 Å². The van der Waals surface area contributed by atoms with Gasteiger partial charge in [0.1, 0.15) is 0 Å². The Morgan fingerprint density at radius 3 is 2.44 bits per heavy atom. The highest BCUT2D eigenvalue weighted by Crippen LogP contribution is 2.38. The number of hydrogen-bond donors (Lipinski definition) is 1. The number of carbonyl (C=O) groups excluding carboxylic acids is 2. The van der Waals surface area contributed by atoms with Gasteiger partial charge in [-0.1, -0.05) is 34.8 Å². The number of carbonyl (C=O) groups is 2. The second-order valence-electron chi connectivity index (χ2n) is 3.75. The SMILES string of the molecule is O=C1CCC(Sc2cc(Cl)c(Cl)cc2Cl)C(=O)N1. The molecule has 2 amide bonds. The molecule has 1 saturated heterocycles. The van der Waals surface area contributed by atoms with Crippen LogP contribution in [0.4, 0.5) is 0 Å². The smallest absolute Gasteiger partial charge is 0.240 e. The second kappa shape index (κ2) is 5.70. The van der Waals surface area contributed by atoms with Crippen LogP contribution in [0, 0.1) is 0 Å². The second-order valence-corrected chi connectivity index (χ2v) is 6.22. The molecule has 1 aromatic carbocycles. The number of benzene rings is 1. The van der Waals surface area contributed by atoms with Crippen LogP contribution in [0.25, 0.3) is 0 Å². The molecule has 0 radical (unpaired) electrons. The van der Waals surface area contributed by atoms with Crippen molar-refractivity contribution >= 4 is 58.4 Å². The highest BCUT2D eigenvalue weighted by Gasteiger charge is 2.28. The van der Waals surface area contributed by atoms with Gasteiger partial charge in [0.2, 0.25) is 11.8 Å². The topological polar surface area (TPSA) is 46.2 Å². The summed E-state index contributed by atoms with van der Waals surface area (Å²) in [6.07, 6.45) is 0.828. The monoisotopic (exact) mass is 323 g/mol. The number of piperidine rings is 1. The van der Waals surface area contributed by atoms with Crippen molar-refractivity contribution in [3.05, 3.63) is 27.2 Å². The van der Waals surface area contributed by atoms with Gasteiger partial charge in [0, 0.05) is 11.3 Å². The first-order valence-corrected chi connectivity index (χ1v) is 7.13. The molecule has 1 unspecified atom stereocenters. The van der Waals surface area contributed by atoms with Crippen LogP contribution in [0.5, 0.6) is 0 Å². The van der Waals surface area contributed by atoms with Crippen LogP contribution < -0.4 is 5.32 Å².